The molecule has 1 rings (SSSR count). The Labute approximate surface area is 89.3 Å². The maximum absolute atomic E-state index is 12.6. The van der Waals surface area contributed by atoms with Gasteiger partial charge in [-0.05, 0) is 43.1 Å². The molecule has 0 fully saturated rings. The molecule has 0 aliphatic rings. The second kappa shape index (κ2) is 5.61. The number of Topliss-reactive ketones (excluding diaryl/α,β-unsaturated/α-hetero) is 1. The Kier molecular flexibility index (Phi) is 4.43. The molecule has 0 spiro atoms. The van der Waals surface area contributed by atoms with Crippen LogP contribution in [0.25, 0.3) is 0 Å². The van der Waals surface area contributed by atoms with Gasteiger partial charge in [0, 0.05) is 12.0 Å². The smallest absolute Gasteiger partial charge is 0.162 e. The number of nitrogens with two attached hydrogens (primary N) is 1. The van der Waals surface area contributed by atoms with E-state index in [1.165, 1.54) is 24.3 Å². The van der Waals surface area contributed by atoms with Crippen molar-refractivity contribution in [3.05, 3.63) is 35.6 Å². The summed E-state index contributed by atoms with van der Waals surface area (Å²) in [5.74, 6) is 0.0894. The minimum atomic E-state index is -0.318. The summed E-state index contributed by atoms with van der Waals surface area (Å²) in [5, 5.41) is 0. The fourth-order valence-corrected chi connectivity index (χ4v) is 1.28. The number of halogens is 1. The molecule has 0 radical (unpaired) electrons. The molecule has 0 saturated carbocycles. The van der Waals surface area contributed by atoms with E-state index in [0.717, 1.165) is 6.42 Å². The maximum Gasteiger partial charge on any atom is 0.162 e. The monoisotopic (exact) mass is 209 g/mol. The average Bonchev–Trinajstić information content (AvgIpc) is 2.26. The van der Waals surface area contributed by atoms with Crippen molar-refractivity contribution in [2.45, 2.75) is 19.8 Å². The van der Waals surface area contributed by atoms with Crippen LogP contribution in [-0.4, -0.2) is 12.3 Å². The summed E-state index contributed by atoms with van der Waals surface area (Å²) >= 11 is 0. The molecule has 0 heterocycles. The highest BCUT2D eigenvalue weighted by atomic mass is 19.1. The van der Waals surface area contributed by atoms with E-state index in [2.05, 4.69) is 0 Å². The maximum atomic E-state index is 12.6. The third-order valence-electron chi connectivity index (χ3n) is 2.43. The van der Waals surface area contributed by atoms with E-state index in [4.69, 9.17) is 5.73 Å². The van der Waals surface area contributed by atoms with Crippen LogP contribution in [0.2, 0.25) is 0 Å². The molecule has 2 nitrogen and oxygen atoms in total. The molecule has 0 aliphatic heterocycles. The number of rotatable bonds is 5. The summed E-state index contributed by atoms with van der Waals surface area (Å²) in [7, 11) is 0. The van der Waals surface area contributed by atoms with E-state index < -0.39 is 0 Å². The second-order valence-corrected chi connectivity index (χ2v) is 3.81. The third-order valence-corrected chi connectivity index (χ3v) is 2.43. The van der Waals surface area contributed by atoms with Crippen LogP contribution in [0, 0.1) is 11.7 Å². The van der Waals surface area contributed by atoms with Gasteiger partial charge >= 0.3 is 0 Å². The Morgan fingerprint density at radius 3 is 2.53 bits per heavy atom. The van der Waals surface area contributed by atoms with Gasteiger partial charge in [-0.15, -0.1) is 0 Å². The molecule has 0 bridgehead atoms. The van der Waals surface area contributed by atoms with E-state index in [9.17, 15) is 9.18 Å². The molecule has 0 amide bonds. The zero-order valence-electron chi connectivity index (χ0n) is 8.87. The minimum Gasteiger partial charge on any atom is -0.330 e. The van der Waals surface area contributed by atoms with Crippen molar-refractivity contribution in [1.29, 1.82) is 0 Å². The van der Waals surface area contributed by atoms with Crippen LogP contribution >= 0.6 is 0 Å². The lowest BCUT2D eigenvalue weighted by Gasteiger charge is -2.06. The molecule has 82 valence electrons. The van der Waals surface area contributed by atoms with Gasteiger partial charge in [-0.2, -0.15) is 0 Å². The zero-order valence-corrected chi connectivity index (χ0v) is 8.87. The largest absolute Gasteiger partial charge is 0.330 e. The molecular formula is C12H16FNO. The predicted molar refractivity (Wildman–Crippen MR) is 58.2 cm³/mol. The van der Waals surface area contributed by atoms with E-state index in [-0.39, 0.29) is 11.6 Å². The number of hydrogen-bond acceptors (Lipinski definition) is 2. The average molecular weight is 209 g/mol. The Morgan fingerprint density at radius 1 is 1.40 bits per heavy atom. The van der Waals surface area contributed by atoms with Gasteiger partial charge < -0.3 is 5.73 Å². The molecule has 1 aromatic carbocycles. The summed E-state index contributed by atoms with van der Waals surface area (Å²) < 4.78 is 12.6. The lowest BCUT2D eigenvalue weighted by atomic mass is 10.0. The first-order valence-corrected chi connectivity index (χ1v) is 5.12. The molecule has 3 heteroatoms. The molecule has 1 atom stereocenters. The Balaban J connectivity index is 2.50. The SMILES string of the molecule is CC(CN)CCC(=O)c1ccc(F)cc1. The molecule has 0 saturated heterocycles. The van der Waals surface area contributed by atoms with Crippen LogP contribution in [0.1, 0.15) is 30.1 Å². The van der Waals surface area contributed by atoms with E-state index >= 15 is 0 Å². The highest BCUT2D eigenvalue weighted by Gasteiger charge is 2.07. The number of hydrogen-bond donors (Lipinski definition) is 1. The fraction of sp³-hybridized carbons (Fsp3) is 0.417. The summed E-state index contributed by atoms with van der Waals surface area (Å²) in [6.45, 7) is 2.61. The van der Waals surface area contributed by atoms with Gasteiger partial charge in [-0.25, -0.2) is 4.39 Å². The third kappa shape index (κ3) is 3.80. The van der Waals surface area contributed by atoms with Gasteiger partial charge in [0.25, 0.3) is 0 Å². The molecule has 1 unspecified atom stereocenters. The number of benzene rings is 1. The van der Waals surface area contributed by atoms with Crippen LogP contribution in [0.15, 0.2) is 24.3 Å². The Morgan fingerprint density at radius 2 is 2.00 bits per heavy atom. The van der Waals surface area contributed by atoms with Crippen LogP contribution < -0.4 is 5.73 Å². The van der Waals surface area contributed by atoms with E-state index in [1.54, 1.807) is 0 Å². The van der Waals surface area contributed by atoms with Crippen LogP contribution in [0.3, 0.4) is 0 Å². The van der Waals surface area contributed by atoms with Crippen molar-refractivity contribution in [3.63, 3.8) is 0 Å². The lowest BCUT2D eigenvalue weighted by molar-refractivity contribution is 0.0975. The summed E-state index contributed by atoms with van der Waals surface area (Å²) in [5.41, 5.74) is 6.03. The van der Waals surface area contributed by atoms with Crippen molar-refractivity contribution in [2.75, 3.05) is 6.54 Å². The predicted octanol–water partition coefficient (Wildman–Crippen LogP) is 2.38. The normalized spacial score (nSPS) is 12.5. The van der Waals surface area contributed by atoms with Gasteiger partial charge in [0.05, 0.1) is 0 Å². The van der Waals surface area contributed by atoms with E-state index in [1.807, 2.05) is 6.92 Å². The van der Waals surface area contributed by atoms with Gasteiger partial charge in [-0.1, -0.05) is 6.92 Å². The van der Waals surface area contributed by atoms with Gasteiger partial charge in [0.15, 0.2) is 5.78 Å². The number of carbonyl (C=O) groups is 1. The van der Waals surface area contributed by atoms with Gasteiger partial charge in [-0.3, -0.25) is 4.79 Å². The minimum absolute atomic E-state index is 0.0512. The standard InChI is InChI=1S/C12H16FNO/c1-9(8-14)2-7-12(15)10-3-5-11(13)6-4-10/h3-6,9H,2,7-8,14H2,1H3. The highest BCUT2D eigenvalue weighted by Crippen LogP contribution is 2.10. The first kappa shape index (κ1) is 11.9. The topological polar surface area (TPSA) is 43.1 Å². The van der Waals surface area contributed by atoms with Crippen molar-refractivity contribution >= 4 is 5.78 Å². The summed E-state index contributed by atoms with van der Waals surface area (Å²) in [6, 6.07) is 5.65. The van der Waals surface area contributed by atoms with Crippen LogP contribution in [-0.2, 0) is 0 Å². The Bertz CT molecular complexity index is 321. The molecule has 0 aliphatic carbocycles. The summed E-state index contributed by atoms with van der Waals surface area (Å²) in [4.78, 5) is 11.6. The first-order chi connectivity index (χ1) is 7.13. The molecule has 2 N–H and O–H groups in total. The van der Waals surface area contributed by atoms with Gasteiger partial charge in [0.1, 0.15) is 5.82 Å². The molecule has 1 aromatic rings. The van der Waals surface area contributed by atoms with Crippen LogP contribution in [0.5, 0.6) is 0 Å². The lowest BCUT2D eigenvalue weighted by Crippen LogP contribution is -2.12. The highest BCUT2D eigenvalue weighted by molar-refractivity contribution is 5.95. The zero-order chi connectivity index (χ0) is 11.3. The number of carbonyl (C=O) groups excluding carboxylic acids is 1. The quantitative estimate of drug-likeness (QED) is 0.756. The van der Waals surface area contributed by atoms with Crippen LogP contribution in [0.4, 0.5) is 4.39 Å². The summed E-state index contributed by atoms with van der Waals surface area (Å²) in [6.07, 6.45) is 1.26. The van der Waals surface area contributed by atoms with E-state index in [0.29, 0.717) is 24.4 Å². The Hall–Kier alpha value is -1.22. The molecule has 15 heavy (non-hydrogen) atoms. The van der Waals surface area contributed by atoms with Crippen molar-refractivity contribution in [2.24, 2.45) is 11.7 Å². The van der Waals surface area contributed by atoms with Crippen molar-refractivity contribution in [1.82, 2.24) is 0 Å². The van der Waals surface area contributed by atoms with Crippen molar-refractivity contribution < 1.29 is 9.18 Å². The first-order valence-electron chi connectivity index (χ1n) is 5.12. The fourth-order valence-electron chi connectivity index (χ4n) is 1.28. The molecular weight excluding hydrogens is 193 g/mol. The van der Waals surface area contributed by atoms with Gasteiger partial charge in [0.2, 0.25) is 0 Å². The van der Waals surface area contributed by atoms with Crippen molar-refractivity contribution in [3.8, 4) is 0 Å². The second-order valence-electron chi connectivity index (χ2n) is 3.81. The molecule has 0 aromatic heterocycles. The number of ketones is 1.